The van der Waals surface area contributed by atoms with Crippen LogP contribution in [0.15, 0.2) is 36.7 Å². The topological polar surface area (TPSA) is 74.2 Å². The van der Waals surface area contributed by atoms with Crippen molar-refractivity contribution in [2.45, 2.75) is 19.9 Å². The molecule has 0 unspecified atom stereocenters. The summed E-state index contributed by atoms with van der Waals surface area (Å²) >= 11 is 6.45. The Bertz CT molecular complexity index is 1200. The molecule has 0 saturated carbocycles. The molecule has 2 amide bonds. The number of fused-ring (bicyclic) bond motifs is 1. The van der Waals surface area contributed by atoms with Crippen molar-refractivity contribution in [2.24, 2.45) is 5.92 Å². The molecule has 0 spiro atoms. The van der Waals surface area contributed by atoms with Gasteiger partial charge in [0.2, 0.25) is 5.91 Å². The summed E-state index contributed by atoms with van der Waals surface area (Å²) in [5.41, 5.74) is 1.50. The van der Waals surface area contributed by atoms with Gasteiger partial charge in [-0.15, -0.1) is 0 Å². The molecule has 1 atom stereocenters. The molecule has 9 heteroatoms. The molecule has 1 aliphatic rings. The monoisotopic (exact) mass is 457 g/mol. The van der Waals surface area contributed by atoms with Gasteiger partial charge >= 0.3 is 0 Å². The largest absolute Gasteiger partial charge is 0.348 e. The fraction of sp³-hybridized carbons (Fsp3) is 0.348. The van der Waals surface area contributed by atoms with Crippen LogP contribution in [0.25, 0.3) is 16.5 Å². The summed E-state index contributed by atoms with van der Waals surface area (Å²) in [6, 6.07) is 4.96. The number of aromatic amines is 1. The number of hydrogen-bond acceptors (Lipinski definition) is 3. The molecule has 0 bridgehead atoms. The number of aromatic nitrogens is 3. The summed E-state index contributed by atoms with van der Waals surface area (Å²) in [5.74, 6) is -1.00. The van der Waals surface area contributed by atoms with Crippen molar-refractivity contribution in [1.82, 2.24) is 24.6 Å². The minimum absolute atomic E-state index is 0.00239. The van der Waals surface area contributed by atoms with Crippen molar-refractivity contribution in [3.63, 3.8) is 0 Å². The van der Waals surface area contributed by atoms with Crippen LogP contribution in [0.5, 0.6) is 0 Å². The van der Waals surface area contributed by atoms with Crippen molar-refractivity contribution >= 4 is 39.9 Å². The lowest BCUT2D eigenvalue weighted by Crippen LogP contribution is -2.40. The summed E-state index contributed by atoms with van der Waals surface area (Å²) in [6.45, 7) is 3.23. The Kier molecular flexibility index (Phi) is 6.06. The van der Waals surface area contributed by atoms with Crippen LogP contribution < -0.4 is 0 Å². The zero-order chi connectivity index (χ0) is 23.0. The lowest BCUT2D eigenvalue weighted by atomic mass is 9.98. The lowest BCUT2D eigenvalue weighted by Gasteiger charge is -2.30. The molecule has 1 aromatic carbocycles. The zero-order valence-electron chi connectivity index (χ0n) is 18.2. The third-order valence-electron chi connectivity index (χ3n) is 5.69. The Hall–Kier alpha value is -3.13. The van der Waals surface area contributed by atoms with Gasteiger partial charge in [0.05, 0.1) is 23.0 Å². The van der Waals surface area contributed by atoms with Crippen LogP contribution in [-0.4, -0.2) is 63.6 Å². The first-order valence-corrected chi connectivity index (χ1v) is 10.8. The van der Waals surface area contributed by atoms with E-state index in [2.05, 4.69) is 10.1 Å². The van der Waals surface area contributed by atoms with Crippen LogP contribution in [-0.2, 0) is 11.3 Å². The number of halogens is 2. The second-order valence-electron chi connectivity index (χ2n) is 8.30. The van der Waals surface area contributed by atoms with Gasteiger partial charge in [0.1, 0.15) is 5.69 Å². The number of amides is 2. The SMILES string of the molecule is C[C@H](Cn1cccn1)C(=O)N1CCC=C(c2cc(Cl)c3cc(C(=O)N(C)C)[nH]c3c2F)C1. The lowest BCUT2D eigenvalue weighted by molar-refractivity contribution is -0.135. The number of carbonyl (C=O) groups is 2. The molecule has 3 heterocycles. The van der Waals surface area contributed by atoms with Crippen molar-refractivity contribution < 1.29 is 14.0 Å². The molecule has 0 aliphatic carbocycles. The Balaban J connectivity index is 1.59. The van der Waals surface area contributed by atoms with E-state index in [-0.39, 0.29) is 28.9 Å². The highest BCUT2D eigenvalue weighted by Crippen LogP contribution is 2.34. The van der Waals surface area contributed by atoms with Crippen molar-refractivity contribution in [1.29, 1.82) is 0 Å². The van der Waals surface area contributed by atoms with Crippen molar-refractivity contribution in [3.8, 4) is 0 Å². The second kappa shape index (κ2) is 8.78. The molecule has 32 heavy (non-hydrogen) atoms. The predicted octanol–water partition coefficient (Wildman–Crippen LogP) is 3.81. The molecular formula is C23H25ClFN5O2. The highest BCUT2D eigenvalue weighted by Gasteiger charge is 2.26. The van der Waals surface area contributed by atoms with Crippen LogP contribution >= 0.6 is 11.6 Å². The van der Waals surface area contributed by atoms with E-state index in [1.807, 2.05) is 25.3 Å². The van der Waals surface area contributed by atoms with Gasteiger partial charge in [-0.3, -0.25) is 14.3 Å². The molecule has 0 radical (unpaired) electrons. The smallest absolute Gasteiger partial charge is 0.269 e. The molecule has 0 saturated heterocycles. The van der Waals surface area contributed by atoms with Crippen LogP contribution in [0.3, 0.4) is 0 Å². The van der Waals surface area contributed by atoms with Crippen molar-refractivity contribution in [2.75, 3.05) is 27.2 Å². The van der Waals surface area contributed by atoms with Gasteiger partial charge < -0.3 is 14.8 Å². The fourth-order valence-corrected chi connectivity index (χ4v) is 4.27. The summed E-state index contributed by atoms with van der Waals surface area (Å²) in [5, 5.41) is 4.96. The Morgan fingerprint density at radius 3 is 2.81 bits per heavy atom. The first kappa shape index (κ1) is 22.1. The molecule has 3 aromatic rings. The molecule has 7 nitrogen and oxygen atoms in total. The summed E-state index contributed by atoms with van der Waals surface area (Å²) in [6.07, 6.45) is 6.07. The standard InChI is InChI=1S/C23H25ClFN5O2/c1-14(12-30-9-5-7-26-30)22(31)29-8-4-6-15(13-29)16-10-18(24)17-11-19(23(32)28(2)3)27-21(17)20(16)25/h5-7,9-11,14,27H,4,8,12-13H2,1-3H3/t14-/m1/s1. The maximum Gasteiger partial charge on any atom is 0.269 e. The van der Waals surface area contributed by atoms with Gasteiger partial charge in [0.15, 0.2) is 5.82 Å². The van der Waals surface area contributed by atoms with Gasteiger partial charge in [-0.05, 0) is 30.2 Å². The second-order valence-corrected chi connectivity index (χ2v) is 8.71. The maximum absolute atomic E-state index is 15.5. The van der Waals surface area contributed by atoms with Crippen LogP contribution in [0.1, 0.15) is 29.4 Å². The third-order valence-corrected chi connectivity index (χ3v) is 6.00. The number of carbonyl (C=O) groups excluding carboxylic acids is 2. The number of benzene rings is 1. The van der Waals surface area contributed by atoms with E-state index in [4.69, 9.17) is 11.6 Å². The minimum Gasteiger partial charge on any atom is -0.348 e. The average Bonchev–Trinajstić information content (AvgIpc) is 3.45. The fourth-order valence-electron chi connectivity index (χ4n) is 4.01. The van der Waals surface area contributed by atoms with Crippen LogP contribution in [0, 0.1) is 11.7 Å². The molecule has 0 fully saturated rings. The first-order chi connectivity index (χ1) is 15.3. The number of hydrogen-bond donors (Lipinski definition) is 1. The van der Waals surface area contributed by atoms with Gasteiger partial charge in [-0.25, -0.2) is 4.39 Å². The highest BCUT2D eigenvalue weighted by atomic mass is 35.5. The molecule has 1 aliphatic heterocycles. The summed E-state index contributed by atoms with van der Waals surface area (Å²) in [7, 11) is 3.26. The third kappa shape index (κ3) is 4.14. The molecule has 168 valence electrons. The van der Waals surface area contributed by atoms with Crippen LogP contribution in [0.4, 0.5) is 4.39 Å². The van der Waals surface area contributed by atoms with Gasteiger partial charge in [-0.2, -0.15) is 5.10 Å². The Labute approximate surface area is 190 Å². The Morgan fingerprint density at radius 1 is 1.34 bits per heavy atom. The van der Waals surface area contributed by atoms with E-state index in [9.17, 15) is 9.59 Å². The molecule has 2 aromatic heterocycles. The van der Waals surface area contributed by atoms with E-state index in [0.29, 0.717) is 47.6 Å². The number of H-pyrrole nitrogens is 1. The highest BCUT2D eigenvalue weighted by molar-refractivity contribution is 6.36. The number of rotatable bonds is 5. The number of nitrogens with zero attached hydrogens (tertiary/aromatic N) is 4. The van der Waals surface area contributed by atoms with Gasteiger partial charge in [-0.1, -0.05) is 24.6 Å². The Morgan fingerprint density at radius 2 is 2.12 bits per heavy atom. The summed E-state index contributed by atoms with van der Waals surface area (Å²) in [4.78, 5) is 31.3. The predicted molar refractivity (Wildman–Crippen MR) is 122 cm³/mol. The van der Waals surface area contributed by atoms with Crippen molar-refractivity contribution in [3.05, 3.63) is 58.8 Å². The van der Waals surface area contributed by atoms with Crippen LogP contribution in [0.2, 0.25) is 5.02 Å². The molecule has 1 N–H and O–H groups in total. The van der Waals surface area contributed by atoms with E-state index < -0.39 is 5.82 Å². The van der Waals surface area contributed by atoms with E-state index >= 15 is 4.39 Å². The quantitative estimate of drug-likeness (QED) is 0.633. The minimum atomic E-state index is -0.479. The van der Waals surface area contributed by atoms with E-state index in [1.165, 1.54) is 4.90 Å². The number of nitrogens with one attached hydrogen (secondary N) is 1. The normalized spacial score (nSPS) is 15.0. The van der Waals surface area contributed by atoms with E-state index in [1.54, 1.807) is 42.0 Å². The zero-order valence-corrected chi connectivity index (χ0v) is 19.0. The average molecular weight is 458 g/mol. The molecular weight excluding hydrogens is 433 g/mol. The van der Waals surface area contributed by atoms with E-state index in [0.717, 1.165) is 0 Å². The first-order valence-electron chi connectivity index (χ1n) is 10.4. The summed E-state index contributed by atoms with van der Waals surface area (Å²) < 4.78 is 17.2. The molecule has 4 rings (SSSR count). The van der Waals surface area contributed by atoms with Gasteiger partial charge in [0.25, 0.3) is 5.91 Å². The van der Waals surface area contributed by atoms with Gasteiger partial charge in [0, 0.05) is 50.5 Å². The maximum atomic E-state index is 15.5.